The number of carbonyl (C=O) groups excluding carboxylic acids is 2. The van der Waals surface area contributed by atoms with E-state index in [0.29, 0.717) is 16.7 Å². The Morgan fingerprint density at radius 1 is 1.38 bits per heavy atom. The zero-order valence-corrected chi connectivity index (χ0v) is 12.7. The highest BCUT2D eigenvalue weighted by Gasteiger charge is 2.43. The Morgan fingerprint density at radius 3 is 2.62 bits per heavy atom. The molecule has 1 unspecified atom stereocenters. The number of hydrogen-bond donors (Lipinski definition) is 0. The lowest BCUT2D eigenvalue weighted by atomic mass is 9.66. The second-order valence-corrected chi connectivity index (χ2v) is 6.15. The Bertz CT molecular complexity index is 629. The monoisotopic (exact) mass is 290 g/mol. The zero-order valence-electron chi connectivity index (χ0n) is 12.7. The molecule has 0 amide bonds. The number of methoxy groups -OCH3 is 1. The molecule has 112 valence electrons. The number of hydrogen-bond acceptors (Lipinski definition) is 3. The van der Waals surface area contributed by atoms with E-state index in [9.17, 15) is 14.0 Å². The molecule has 0 saturated carbocycles. The Labute approximate surface area is 123 Å². The van der Waals surface area contributed by atoms with Crippen LogP contribution in [0.3, 0.4) is 0 Å². The van der Waals surface area contributed by atoms with Crippen LogP contribution in [0, 0.1) is 24.1 Å². The van der Waals surface area contributed by atoms with Crippen LogP contribution in [0.25, 0.3) is 5.57 Å². The average molecular weight is 290 g/mol. The topological polar surface area (TPSA) is 43.4 Å². The van der Waals surface area contributed by atoms with Gasteiger partial charge in [0.1, 0.15) is 5.82 Å². The van der Waals surface area contributed by atoms with Crippen LogP contribution in [0.5, 0.6) is 0 Å². The van der Waals surface area contributed by atoms with Crippen LogP contribution in [0.2, 0.25) is 0 Å². The fourth-order valence-electron chi connectivity index (χ4n) is 2.92. The largest absolute Gasteiger partial charge is 0.469 e. The maximum absolute atomic E-state index is 13.4. The first kappa shape index (κ1) is 15.4. The first-order chi connectivity index (χ1) is 9.76. The van der Waals surface area contributed by atoms with Crippen molar-refractivity contribution in [3.63, 3.8) is 0 Å². The molecule has 0 bridgehead atoms. The van der Waals surface area contributed by atoms with Gasteiger partial charge in [-0.3, -0.25) is 9.59 Å². The maximum Gasteiger partial charge on any atom is 0.313 e. The smallest absolute Gasteiger partial charge is 0.313 e. The summed E-state index contributed by atoms with van der Waals surface area (Å²) in [6.45, 7) is 5.40. The molecule has 0 fully saturated rings. The van der Waals surface area contributed by atoms with E-state index in [1.54, 1.807) is 19.1 Å². The average Bonchev–Trinajstić information content (AvgIpc) is 2.39. The predicted octanol–water partition coefficient (Wildman–Crippen LogP) is 3.31. The van der Waals surface area contributed by atoms with Crippen molar-refractivity contribution in [1.29, 1.82) is 0 Å². The van der Waals surface area contributed by atoms with E-state index in [1.165, 1.54) is 19.3 Å². The molecule has 1 aromatic carbocycles. The number of halogens is 1. The van der Waals surface area contributed by atoms with Gasteiger partial charge in [0, 0.05) is 6.42 Å². The lowest BCUT2D eigenvalue weighted by Gasteiger charge is -2.36. The molecule has 3 nitrogen and oxygen atoms in total. The van der Waals surface area contributed by atoms with Crippen molar-refractivity contribution < 1.29 is 18.7 Å². The quantitative estimate of drug-likeness (QED) is 0.785. The molecule has 0 radical (unpaired) electrons. The number of benzene rings is 1. The van der Waals surface area contributed by atoms with Gasteiger partial charge in [-0.2, -0.15) is 0 Å². The van der Waals surface area contributed by atoms with Crippen LogP contribution in [0.4, 0.5) is 4.39 Å². The summed E-state index contributed by atoms with van der Waals surface area (Å²) in [6, 6.07) is 4.61. The predicted molar refractivity (Wildman–Crippen MR) is 78.0 cm³/mol. The highest BCUT2D eigenvalue weighted by atomic mass is 19.1. The van der Waals surface area contributed by atoms with Gasteiger partial charge in [0.2, 0.25) is 0 Å². The van der Waals surface area contributed by atoms with Crippen LogP contribution < -0.4 is 0 Å². The minimum Gasteiger partial charge on any atom is -0.469 e. The maximum atomic E-state index is 13.4. The molecule has 0 saturated heterocycles. The summed E-state index contributed by atoms with van der Waals surface area (Å²) < 4.78 is 18.3. The lowest BCUT2D eigenvalue weighted by molar-refractivity contribution is -0.147. The van der Waals surface area contributed by atoms with Crippen molar-refractivity contribution >= 4 is 17.3 Å². The standard InChI is InChI=1S/C17H19FO3/c1-10-7-11(5-6-14(10)18)13-8-12(19)9-17(2,3)15(13)16(20)21-4/h5-8,15H,9H2,1-4H3. The third kappa shape index (κ3) is 2.89. The number of ether oxygens (including phenoxy) is 1. The van der Waals surface area contributed by atoms with E-state index in [4.69, 9.17) is 4.74 Å². The van der Waals surface area contributed by atoms with Crippen LogP contribution >= 0.6 is 0 Å². The summed E-state index contributed by atoms with van der Waals surface area (Å²) in [5.41, 5.74) is 1.24. The molecule has 1 aromatic rings. The van der Waals surface area contributed by atoms with Crippen molar-refractivity contribution in [2.45, 2.75) is 27.2 Å². The summed E-state index contributed by atoms with van der Waals surface area (Å²) in [5.74, 6) is -1.25. The van der Waals surface area contributed by atoms with Gasteiger partial charge in [-0.25, -0.2) is 4.39 Å². The molecule has 1 aliphatic rings. The first-order valence-electron chi connectivity index (χ1n) is 6.85. The molecule has 4 heteroatoms. The van der Waals surface area contributed by atoms with Crippen molar-refractivity contribution in [3.8, 4) is 0 Å². The van der Waals surface area contributed by atoms with Crippen LogP contribution in [0.1, 0.15) is 31.4 Å². The van der Waals surface area contributed by atoms with E-state index in [-0.39, 0.29) is 24.0 Å². The van der Waals surface area contributed by atoms with Crippen LogP contribution in [-0.2, 0) is 14.3 Å². The minimum atomic E-state index is -0.537. The Kier molecular flexibility index (Phi) is 3.99. The Morgan fingerprint density at radius 2 is 2.05 bits per heavy atom. The van der Waals surface area contributed by atoms with Crippen molar-refractivity contribution in [1.82, 2.24) is 0 Å². The fraction of sp³-hybridized carbons (Fsp3) is 0.412. The number of aryl methyl sites for hydroxylation is 1. The summed E-state index contributed by atoms with van der Waals surface area (Å²) >= 11 is 0. The van der Waals surface area contributed by atoms with Crippen LogP contribution in [0.15, 0.2) is 24.3 Å². The summed E-state index contributed by atoms with van der Waals surface area (Å²) in [7, 11) is 1.34. The van der Waals surface area contributed by atoms with Crippen molar-refractivity contribution in [2.75, 3.05) is 7.11 Å². The molecule has 0 heterocycles. The highest BCUT2D eigenvalue weighted by Crippen LogP contribution is 2.44. The summed E-state index contributed by atoms with van der Waals surface area (Å²) in [4.78, 5) is 24.1. The van der Waals surface area contributed by atoms with E-state index in [1.807, 2.05) is 13.8 Å². The Hall–Kier alpha value is -1.97. The third-order valence-electron chi connectivity index (χ3n) is 3.97. The second kappa shape index (κ2) is 5.43. The van der Waals surface area contributed by atoms with Gasteiger partial charge in [-0.1, -0.05) is 19.9 Å². The highest BCUT2D eigenvalue weighted by molar-refractivity contribution is 6.04. The molecular weight excluding hydrogens is 271 g/mol. The SMILES string of the molecule is COC(=O)C1C(c2ccc(F)c(C)c2)=CC(=O)CC1(C)C. The normalized spacial score (nSPS) is 20.9. The number of carbonyl (C=O) groups is 2. The van der Waals surface area contributed by atoms with Crippen LogP contribution in [-0.4, -0.2) is 18.9 Å². The van der Waals surface area contributed by atoms with E-state index in [2.05, 4.69) is 0 Å². The van der Waals surface area contributed by atoms with Gasteiger partial charge in [-0.05, 0) is 47.2 Å². The lowest BCUT2D eigenvalue weighted by Crippen LogP contribution is -2.37. The van der Waals surface area contributed by atoms with Gasteiger partial charge in [0.05, 0.1) is 13.0 Å². The van der Waals surface area contributed by atoms with E-state index < -0.39 is 11.3 Å². The van der Waals surface area contributed by atoms with Gasteiger partial charge in [0.25, 0.3) is 0 Å². The third-order valence-corrected chi connectivity index (χ3v) is 3.97. The number of esters is 1. The molecule has 1 aliphatic carbocycles. The molecule has 2 rings (SSSR count). The fourth-order valence-corrected chi connectivity index (χ4v) is 2.92. The van der Waals surface area contributed by atoms with E-state index in [0.717, 1.165) is 0 Å². The zero-order chi connectivity index (χ0) is 15.8. The molecule has 21 heavy (non-hydrogen) atoms. The van der Waals surface area contributed by atoms with Gasteiger partial charge >= 0.3 is 5.97 Å². The van der Waals surface area contributed by atoms with Crippen molar-refractivity contribution in [2.24, 2.45) is 11.3 Å². The number of allylic oxidation sites excluding steroid dienone is 1. The first-order valence-corrected chi connectivity index (χ1v) is 6.85. The molecule has 1 atom stereocenters. The molecule has 0 N–H and O–H groups in total. The van der Waals surface area contributed by atoms with E-state index >= 15 is 0 Å². The van der Waals surface area contributed by atoms with Gasteiger partial charge in [-0.15, -0.1) is 0 Å². The number of ketones is 1. The van der Waals surface area contributed by atoms with Crippen molar-refractivity contribution in [3.05, 3.63) is 41.2 Å². The molecule has 0 aromatic heterocycles. The molecular formula is C17H19FO3. The van der Waals surface area contributed by atoms with Gasteiger partial charge in [0.15, 0.2) is 5.78 Å². The number of rotatable bonds is 2. The molecule has 0 aliphatic heterocycles. The summed E-state index contributed by atoms with van der Waals surface area (Å²) in [5, 5.41) is 0. The molecule has 0 spiro atoms. The Balaban J connectivity index is 2.58. The second-order valence-electron chi connectivity index (χ2n) is 6.15. The minimum absolute atomic E-state index is 0.0304. The summed E-state index contributed by atoms with van der Waals surface area (Å²) in [6.07, 6.45) is 1.77. The van der Waals surface area contributed by atoms with Gasteiger partial charge < -0.3 is 4.74 Å².